The Morgan fingerprint density at radius 2 is 2.56 bits per heavy atom. The zero-order valence-electron chi connectivity index (χ0n) is 5.77. The molecule has 0 N–H and O–H groups in total. The lowest BCUT2D eigenvalue weighted by atomic mass is 10.0. The highest BCUT2D eigenvalue weighted by Gasteiger charge is 2.16. The topological polar surface area (TPSA) is 9.23 Å². The van der Waals surface area contributed by atoms with E-state index >= 15 is 0 Å². The summed E-state index contributed by atoms with van der Waals surface area (Å²) in [7, 11) is 0. The van der Waals surface area contributed by atoms with Crippen molar-refractivity contribution in [2.45, 2.75) is 25.1 Å². The number of hydrogen-bond donors (Lipinski definition) is 0. The normalized spacial score (nSPS) is 30.7. The lowest BCUT2D eigenvalue weighted by molar-refractivity contribution is 0.184. The van der Waals surface area contributed by atoms with Crippen LogP contribution in [0.15, 0.2) is 0 Å². The standard InChI is InChI=1S/C7H13ClO/c1-6(8)4-7-2-3-9-5-7/h6-7H,2-5H2,1H3. The molecule has 0 amide bonds. The fourth-order valence-electron chi connectivity index (χ4n) is 1.23. The number of hydrogen-bond acceptors (Lipinski definition) is 1. The second-order valence-corrected chi connectivity index (χ2v) is 3.49. The van der Waals surface area contributed by atoms with Gasteiger partial charge in [-0.3, -0.25) is 0 Å². The van der Waals surface area contributed by atoms with E-state index in [1.807, 2.05) is 6.92 Å². The number of halogens is 1. The number of ether oxygens (including phenoxy) is 1. The van der Waals surface area contributed by atoms with Crippen LogP contribution >= 0.6 is 11.6 Å². The van der Waals surface area contributed by atoms with Crippen molar-refractivity contribution in [3.05, 3.63) is 0 Å². The van der Waals surface area contributed by atoms with Crippen LogP contribution < -0.4 is 0 Å². The second kappa shape index (κ2) is 3.43. The molecule has 0 aromatic carbocycles. The van der Waals surface area contributed by atoms with E-state index in [0.717, 1.165) is 25.6 Å². The van der Waals surface area contributed by atoms with Gasteiger partial charge in [-0.05, 0) is 25.7 Å². The molecular formula is C7H13ClO. The van der Waals surface area contributed by atoms with Crippen molar-refractivity contribution in [2.75, 3.05) is 13.2 Å². The van der Waals surface area contributed by atoms with Crippen LogP contribution in [0.2, 0.25) is 0 Å². The average molecular weight is 149 g/mol. The van der Waals surface area contributed by atoms with Crippen LogP contribution in [-0.2, 0) is 4.74 Å². The summed E-state index contributed by atoms with van der Waals surface area (Å²) in [5.74, 6) is 0.734. The van der Waals surface area contributed by atoms with Crippen LogP contribution in [0.4, 0.5) is 0 Å². The van der Waals surface area contributed by atoms with Gasteiger partial charge < -0.3 is 4.74 Å². The Hall–Kier alpha value is 0.250. The average Bonchev–Trinajstić information content (AvgIpc) is 2.15. The first-order valence-electron chi connectivity index (χ1n) is 3.51. The molecule has 9 heavy (non-hydrogen) atoms. The van der Waals surface area contributed by atoms with Gasteiger partial charge in [-0.15, -0.1) is 11.6 Å². The van der Waals surface area contributed by atoms with Gasteiger partial charge in [0.25, 0.3) is 0 Å². The van der Waals surface area contributed by atoms with Gasteiger partial charge in [0, 0.05) is 18.6 Å². The fourth-order valence-corrected chi connectivity index (χ4v) is 1.48. The van der Waals surface area contributed by atoms with Crippen molar-refractivity contribution in [1.29, 1.82) is 0 Å². The molecule has 0 aliphatic carbocycles. The summed E-state index contributed by atoms with van der Waals surface area (Å²) in [5, 5.41) is 0.316. The molecule has 1 saturated heterocycles. The highest BCUT2D eigenvalue weighted by molar-refractivity contribution is 6.20. The molecule has 0 spiro atoms. The van der Waals surface area contributed by atoms with E-state index in [-0.39, 0.29) is 0 Å². The predicted octanol–water partition coefficient (Wildman–Crippen LogP) is 2.04. The van der Waals surface area contributed by atoms with E-state index in [1.54, 1.807) is 0 Å². The third kappa shape index (κ3) is 2.55. The van der Waals surface area contributed by atoms with Crippen LogP contribution in [0.5, 0.6) is 0 Å². The minimum atomic E-state index is 0.316. The van der Waals surface area contributed by atoms with E-state index in [1.165, 1.54) is 6.42 Å². The van der Waals surface area contributed by atoms with Gasteiger partial charge in [-0.1, -0.05) is 0 Å². The maximum Gasteiger partial charge on any atom is 0.0495 e. The Labute approximate surface area is 61.3 Å². The lowest BCUT2D eigenvalue weighted by Crippen LogP contribution is -2.04. The second-order valence-electron chi connectivity index (χ2n) is 2.75. The van der Waals surface area contributed by atoms with E-state index in [2.05, 4.69) is 0 Å². The lowest BCUT2D eigenvalue weighted by Gasteiger charge is -2.07. The molecule has 1 nitrogen and oxygen atoms in total. The third-order valence-corrected chi connectivity index (χ3v) is 1.86. The minimum Gasteiger partial charge on any atom is -0.381 e. The summed E-state index contributed by atoms with van der Waals surface area (Å²) in [6.07, 6.45) is 2.32. The Kier molecular flexibility index (Phi) is 2.80. The van der Waals surface area contributed by atoms with Gasteiger partial charge in [0.15, 0.2) is 0 Å². The first kappa shape index (κ1) is 7.36. The van der Waals surface area contributed by atoms with E-state index in [9.17, 15) is 0 Å². The van der Waals surface area contributed by atoms with Crippen LogP contribution in [-0.4, -0.2) is 18.6 Å². The highest BCUT2D eigenvalue weighted by atomic mass is 35.5. The molecule has 0 radical (unpaired) electrons. The smallest absolute Gasteiger partial charge is 0.0495 e. The first-order valence-corrected chi connectivity index (χ1v) is 3.94. The fraction of sp³-hybridized carbons (Fsp3) is 1.00. The number of rotatable bonds is 2. The maximum atomic E-state index is 5.80. The summed E-state index contributed by atoms with van der Waals surface area (Å²) in [6.45, 7) is 3.91. The zero-order chi connectivity index (χ0) is 6.69. The summed E-state index contributed by atoms with van der Waals surface area (Å²) >= 11 is 5.80. The van der Waals surface area contributed by atoms with Gasteiger partial charge in [-0.2, -0.15) is 0 Å². The maximum absolute atomic E-state index is 5.80. The zero-order valence-corrected chi connectivity index (χ0v) is 6.53. The molecule has 1 heterocycles. The highest BCUT2D eigenvalue weighted by Crippen LogP contribution is 2.19. The number of alkyl halides is 1. The van der Waals surface area contributed by atoms with Crippen molar-refractivity contribution >= 4 is 11.6 Å². The molecule has 2 atom stereocenters. The van der Waals surface area contributed by atoms with E-state index in [0.29, 0.717) is 5.38 Å². The largest absolute Gasteiger partial charge is 0.381 e. The summed E-state index contributed by atoms with van der Waals surface area (Å²) in [4.78, 5) is 0. The molecule has 1 aliphatic rings. The van der Waals surface area contributed by atoms with Crippen LogP contribution in [0, 0.1) is 5.92 Å². The van der Waals surface area contributed by atoms with Crippen molar-refractivity contribution in [3.63, 3.8) is 0 Å². The van der Waals surface area contributed by atoms with Crippen LogP contribution in [0.25, 0.3) is 0 Å². The van der Waals surface area contributed by atoms with E-state index < -0.39 is 0 Å². The van der Waals surface area contributed by atoms with Crippen molar-refractivity contribution in [1.82, 2.24) is 0 Å². The SMILES string of the molecule is CC(Cl)CC1CCOC1. The van der Waals surface area contributed by atoms with Crippen LogP contribution in [0.1, 0.15) is 19.8 Å². The quantitative estimate of drug-likeness (QED) is 0.545. The molecule has 2 unspecified atom stereocenters. The molecule has 2 heteroatoms. The Morgan fingerprint density at radius 3 is 3.00 bits per heavy atom. The van der Waals surface area contributed by atoms with Gasteiger partial charge in [0.1, 0.15) is 0 Å². The van der Waals surface area contributed by atoms with Gasteiger partial charge in [0.2, 0.25) is 0 Å². The molecular weight excluding hydrogens is 136 g/mol. The van der Waals surface area contributed by atoms with Crippen LogP contribution in [0.3, 0.4) is 0 Å². The van der Waals surface area contributed by atoms with E-state index in [4.69, 9.17) is 16.3 Å². The molecule has 0 saturated carbocycles. The molecule has 0 bridgehead atoms. The van der Waals surface area contributed by atoms with Crippen molar-refractivity contribution < 1.29 is 4.74 Å². The van der Waals surface area contributed by atoms with Crippen molar-refractivity contribution in [2.24, 2.45) is 5.92 Å². The molecule has 0 aromatic rings. The Morgan fingerprint density at radius 1 is 1.78 bits per heavy atom. The predicted molar refractivity (Wildman–Crippen MR) is 38.9 cm³/mol. The third-order valence-electron chi connectivity index (χ3n) is 1.68. The Bertz CT molecular complexity index is 77.0. The van der Waals surface area contributed by atoms with Gasteiger partial charge in [-0.25, -0.2) is 0 Å². The molecule has 1 aliphatic heterocycles. The van der Waals surface area contributed by atoms with Crippen molar-refractivity contribution in [3.8, 4) is 0 Å². The van der Waals surface area contributed by atoms with Gasteiger partial charge >= 0.3 is 0 Å². The summed E-state index contributed by atoms with van der Waals surface area (Å²) < 4.78 is 5.20. The monoisotopic (exact) mass is 148 g/mol. The first-order chi connectivity index (χ1) is 4.29. The summed E-state index contributed by atoms with van der Waals surface area (Å²) in [6, 6.07) is 0. The molecule has 1 fully saturated rings. The Balaban J connectivity index is 2.11. The molecule has 54 valence electrons. The minimum absolute atomic E-state index is 0.316. The summed E-state index contributed by atoms with van der Waals surface area (Å²) in [5.41, 5.74) is 0. The molecule has 0 aromatic heterocycles. The molecule has 1 rings (SSSR count). The van der Waals surface area contributed by atoms with Gasteiger partial charge in [0.05, 0.1) is 0 Å².